The van der Waals surface area contributed by atoms with E-state index in [1.165, 1.54) is 6.92 Å². The van der Waals surface area contributed by atoms with Crippen LogP contribution in [0.1, 0.15) is 13.3 Å². The number of primary amides is 2. The van der Waals surface area contributed by atoms with Crippen LogP contribution in [0.3, 0.4) is 0 Å². The molecule has 1 unspecified atom stereocenters. The molecule has 0 spiro atoms. The van der Waals surface area contributed by atoms with E-state index in [9.17, 15) is 14.4 Å². The van der Waals surface area contributed by atoms with E-state index in [-0.39, 0.29) is 6.42 Å². The first-order valence-electron chi connectivity index (χ1n) is 3.28. The monoisotopic (exact) mass is 173 g/mol. The van der Waals surface area contributed by atoms with Crippen LogP contribution in [0.25, 0.3) is 0 Å². The van der Waals surface area contributed by atoms with Crippen LogP contribution in [0.2, 0.25) is 0 Å². The second-order valence-electron chi connectivity index (χ2n) is 2.33. The van der Waals surface area contributed by atoms with Gasteiger partial charge in [0.25, 0.3) is 0 Å². The van der Waals surface area contributed by atoms with Gasteiger partial charge < -0.3 is 16.8 Å². The minimum absolute atomic E-state index is 0.269. The molecule has 0 heterocycles. The molecule has 3 amide bonds. The standard InChI is InChI=1S/C6H11N3O3/c1-3(10)9-4(6(8)12)2-5(7)11/h4H,2H2,1H3,(H2,7,11)(H2,8,12)(H,9,10). The number of carbonyl (C=O) groups is 3. The van der Waals surface area contributed by atoms with E-state index in [1.54, 1.807) is 0 Å². The van der Waals surface area contributed by atoms with E-state index in [1.807, 2.05) is 0 Å². The average Bonchev–Trinajstić information content (AvgIpc) is 1.83. The molecule has 0 bridgehead atoms. The Morgan fingerprint density at radius 1 is 1.33 bits per heavy atom. The topological polar surface area (TPSA) is 115 Å². The summed E-state index contributed by atoms with van der Waals surface area (Å²) in [5, 5.41) is 2.20. The van der Waals surface area contributed by atoms with Crippen molar-refractivity contribution in [2.45, 2.75) is 19.4 Å². The van der Waals surface area contributed by atoms with Crippen molar-refractivity contribution in [1.82, 2.24) is 5.32 Å². The molecule has 1 atom stereocenters. The predicted molar refractivity (Wildman–Crippen MR) is 40.6 cm³/mol. The summed E-state index contributed by atoms with van der Waals surface area (Å²) in [6.45, 7) is 1.22. The number of nitrogens with two attached hydrogens (primary N) is 2. The molecule has 0 rings (SSSR count). The molecule has 0 saturated carbocycles. The molecule has 0 aliphatic rings. The molecule has 0 aromatic rings. The Morgan fingerprint density at radius 3 is 2.08 bits per heavy atom. The fourth-order valence-electron chi connectivity index (χ4n) is 0.669. The summed E-state index contributed by atoms with van der Waals surface area (Å²) < 4.78 is 0. The molecule has 0 aliphatic carbocycles. The summed E-state index contributed by atoms with van der Waals surface area (Å²) in [6.07, 6.45) is -0.269. The average molecular weight is 173 g/mol. The third-order valence-electron chi connectivity index (χ3n) is 1.13. The van der Waals surface area contributed by atoms with Crippen molar-refractivity contribution in [2.24, 2.45) is 11.5 Å². The third kappa shape index (κ3) is 4.26. The zero-order valence-electron chi connectivity index (χ0n) is 6.66. The summed E-state index contributed by atoms with van der Waals surface area (Å²) in [5.41, 5.74) is 9.68. The van der Waals surface area contributed by atoms with Gasteiger partial charge in [0.05, 0.1) is 6.42 Å². The molecule has 0 fully saturated rings. The molecule has 12 heavy (non-hydrogen) atoms. The SMILES string of the molecule is CC(=O)NC(CC(N)=O)C(N)=O. The molecule has 6 nitrogen and oxygen atoms in total. The Hall–Kier alpha value is -1.59. The number of nitrogens with one attached hydrogen (secondary N) is 1. The van der Waals surface area contributed by atoms with Gasteiger partial charge in [0.15, 0.2) is 0 Å². The maximum Gasteiger partial charge on any atom is 0.240 e. The second kappa shape index (κ2) is 4.32. The van der Waals surface area contributed by atoms with Crippen LogP contribution >= 0.6 is 0 Å². The van der Waals surface area contributed by atoms with Gasteiger partial charge in [-0.3, -0.25) is 14.4 Å². The smallest absolute Gasteiger partial charge is 0.240 e. The first kappa shape index (κ1) is 10.4. The highest BCUT2D eigenvalue weighted by Crippen LogP contribution is 1.89. The Bertz CT molecular complexity index is 198. The van der Waals surface area contributed by atoms with E-state index < -0.39 is 23.8 Å². The second-order valence-corrected chi connectivity index (χ2v) is 2.33. The third-order valence-corrected chi connectivity index (χ3v) is 1.13. The Morgan fingerprint density at radius 2 is 1.83 bits per heavy atom. The van der Waals surface area contributed by atoms with Gasteiger partial charge in [-0.1, -0.05) is 0 Å². The van der Waals surface area contributed by atoms with Crippen molar-refractivity contribution >= 4 is 17.7 Å². The van der Waals surface area contributed by atoms with Crippen molar-refractivity contribution in [3.8, 4) is 0 Å². The molecule has 5 N–H and O–H groups in total. The van der Waals surface area contributed by atoms with Crippen LogP contribution in [0.5, 0.6) is 0 Å². The molecule has 0 aromatic carbocycles. The molecule has 68 valence electrons. The minimum Gasteiger partial charge on any atom is -0.370 e. The molecule has 0 aromatic heterocycles. The van der Waals surface area contributed by atoms with E-state index in [2.05, 4.69) is 5.32 Å². The lowest BCUT2D eigenvalue weighted by molar-refractivity contribution is -0.128. The highest BCUT2D eigenvalue weighted by molar-refractivity contribution is 5.90. The van der Waals surface area contributed by atoms with Gasteiger partial charge in [-0.05, 0) is 0 Å². The van der Waals surface area contributed by atoms with Gasteiger partial charge in [-0.2, -0.15) is 0 Å². The Labute approximate surface area is 69.3 Å². The van der Waals surface area contributed by atoms with Crippen LogP contribution in [-0.4, -0.2) is 23.8 Å². The lowest BCUT2D eigenvalue weighted by Crippen LogP contribution is -2.45. The predicted octanol–water partition coefficient (Wildman–Crippen LogP) is -2.15. The molecule has 0 aliphatic heterocycles. The number of carbonyl (C=O) groups excluding carboxylic acids is 3. The van der Waals surface area contributed by atoms with E-state index in [0.717, 1.165) is 0 Å². The van der Waals surface area contributed by atoms with Gasteiger partial charge in [0.1, 0.15) is 6.04 Å². The minimum atomic E-state index is -1.00. The van der Waals surface area contributed by atoms with Crippen molar-refractivity contribution in [1.29, 1.82) is 0 Å². The molecule has 6 heteroatoms. The van der Waals surface area contributed by atoms with Crippen molar-refractivity contribution in [3.63, 3.8) is 0 Å². The largest absolute Gasteiger partial charge is 0.370 e. The quantitative estimate of drug-likeness (QED) is 0.450. The summed E-state index contributed by atoms with van der Waals surface area (Å²) in [7, 11) is 0. The molecular formula is C6H11N3O3. The Balaban J connectivity index is 4.14. The fraction of sp³-hybridized carbons (Fsp3) is 0.500. The van der Waals surface area contributed by atoms with Crippen LogP contribution in [-0.2, 0) is 14.4 Å². The van der Waals surface area contributed by atoms with Crippen LogP contribution < -0.4 is 16.8 Å². The van der Waals surface area contributed by atoms with Gasteiger partial charge in [-0.15, -0.1) is 0 Å². The maximum atomic E-state index is 10.6. The molecule has 0 radical (unpaired) electrons. The van der Waals surface area contributed by atoms with E-state index >= 15 is 0 Å². The van der Waals surface area contributed by atoms with Gasteiger partial charge in [0.2, 0.25) is 17.7 Å². The van der Waals surface area contributed by atoms with Crippen LogP contribution in [0.4, 0.5) is 0 Å². The number of hydrogen-bond donors (Lipinski definition) is 3. The zero-order valence-corrected chi connectivity index (χ0v) is 6.66. The number of amides is 3. The van der Waals surface area contributed by atoms with Gasteiger partial charge in [-0.25, -0.2) is 0 Å². The number of hydrogen-bond acceptors (Lipinski definition) is 3. The molecule has 0 saturated heterocycles. The maximum absolute atomic E-state index is 10.6. The van der Waals surface area contributed by atoms with Crippen LogP contribution in [0, 0.1) is 0 Å². The van der Waals surface area contributed by atoms with E-state index in [4.69, 9.17) is 11.5 Å². The first-order valence-corrected chi connectivity index (χ1v) is 3.28. The summed E-state index contributed by atoms with van der Waals surface area (Å²) >= 11 is 0. The van der Waals surface area contributed by atoms with Crippen LogP contribution in [0.15, 0.2) is 0 Å². The Kier molecular flexibility index (Phi) is 3.75. The summed E-state index contributed by atoms with van der Waals surface area (Å²) in [5.74, 6) is -1.89. The molecular weight excluding hydrogens is 162 g/mol. The normalized spacial score (nSPS) is 11.8. The van der Waals surface area contributed by atoms with Gasteiger partial charge >= 0.3 is 0 Å². The highest BCUT2D eigenvalue weighted by Gasteiger charge is 2.18. The zero-order chi connectivity index (χ0) is 9.72. The summed E-state index contributed by atoms with van der Waals surface area (Å²) in [6, 6.07) is -1.00. The summed E-state index contributed by atoms with van der Waals surface area (Å²) in [4.78, 5) is 31.4. The lowest BCUT2D eigenvalue weighted by Gasteiger charge is -2.11. The van der Waals surface area contributed by atoms with Crippen molar-refractivity contribution < 1.29 is 14.4 Å². The van der Waals surface area contributed by atoms with E-state index in [0.29, 0.717) is 0 Å². The number of rotatable bonds is 4. The fourth-order valence-corrected chi connectivity index (χ4v) is 0.669. The van der Waals surface area contributed by atoms with Gasteiger partial charge in [0, 0.05) is 6.92 Å². The first-order chi connectivity index (χ1) is 5.43. The van der Waals surface area contributed by atoms with Crippen molar-refractivity contribution in [3.05, 3.63) is 0 Å². The van der Waals surface area contributed by atoms with Crippen molar-refractivity contribution in [2.75, 3.05) is 0 Å². The highest BCUT2D eigenvalue weighted by atomic mass is 16.2. The lowest BCUT2D eigenvalue weighted by atomic mass is 10.2.